The van der Waals surface area contributed by atoms with E-state index in [1.165, 1.54) is 0 Å². The Kier molecular flexibility index (Phi) is 21.5. The number of amides is 3. The SMILES string of the molecule is C/C=C\C(=C/C)CC(=O)NC1CCC(=O)NC1=O.CC.CC.CC. The molecule has 1 rings (SSSR count). The Bertz CT molecular complexity index is 413. The summed E-state index contributed by atoms with van der Waals surface area (Å²) in [5.41, 5.74) is 0.891. The van der Waals surface area contributed by atoms with Crippen LogP contribution in [0.3, 0.4) is 0 Å². The molecule has 0 aliphatic carbocycles. The van der Waals surface area contributed by atoms with Crippen LogP contribution in [-0.4, -0.2) is 23.8 Å². The van der Waals surface area contributed by atoms with Crippen molar-refractivity contribution in [3.63, 3.8) is 0 Å². The minimum Gasteiger partial charge on any atom is -0.344 e. The van der Waals surface area contributed by atoms with E-state index in [-0.39, 0.29) is 24.7 Å². The van der Waals surface area contributed by atoms with E-state index in [4.69, 9.17) is 0 Å². The first-order chi connectivity index (χ1) is 11.6. The summed E-state index contributed by atoms with van der Waals surface area (Å²) >= 11 is 0. The summed E-state index contributed by atoms with van der Waals surface area (Å²) in [5, 5.41) is 4.84. The number of imide groups is 1. The molecule has 140 valence electrons. The third-order valence-corrected chi connectivity index (χ3v) is 2.69. The van der Waals surface area contributed by atoms with Crippen molar-refractivity contribution in [2.75, 3.05) is 0 Å². The Balaban J connectivity index is -0.000000659. The summed E-state index contributed by atoms with van der Waals surface area (Å²) < 4.78 is 0. The second kappa shape index (κ2) is 19.1. The molecule has 1 aliphatic rings. The number of allylic oxidation sites excluding steroid dienone is 3. The van der Waals surface area contributed by atoms with Crippen LogP contribution in [-0.2, 0) is 14.4 Å². The number of carbonyl (C=O) groups is 3. The zero-order valence-corrected chi connectivity index (χ0v) is 16.7. The lowest BCUT2D eigenvalue weighted by atomic mass is 10.1. The maximum Gasteiger partial charge on any atom is 0.249 e. The molecule has 3 amide bonds. The van der Waals surface area contributed by atoms with Gasteiger partial charge in [-0.15, -0.1) is 0 Å². The number of hydrogen-bond acceptors (Lipinski definition) is 3. The molecule has 0 spiro atoms. The van der Waals surface area contributed by atoms with Crippen molar-refractivity contribution in [2.45, 2.75) is 80.7 Å². The first-order valence-electron chi connectivity index (χ1n) is 8.97. The molecular weight excluding hydrogens is 304 g/mol. The van der Waals surface area contributed by atoms with Gasteiger partial charge in [-0.1, -0.05) is 59.8 Å². The Morgan fingerprint density at radius 3 is 2.08 bits per heavy atom. The molecule has 5 heteroatoms. The fourth-order valence-electron chi connectivity index (χ4n) is 1.73. The normalized spacial score (nSPS) is 16.5. The molecule has 0 aromatic carbocycles. The molecule has 1 fully saturated rings. The maximum absolute atomic E-state index is 11.7. The average molecular weight is 341 g/mol. The van der Waals surface area contributed by atoms with Gasteiger partial charge in [0.25, 0.3) is 0 Å². The molecule has 0 aromatic rings. The van der Waals surface area contributed by atoms with E-state index < -0.39 is 11.9 Å². The van der Waals surface area contributed by atoms with E-state index in [1.54, 1.807) is 0 Å². The van der Waals surface area contributed by atoms with E-state index in [9.17, 15) is 14.4 Å². The average Bonchev–Trinajstić information content (AvgIpc) is 2.62. The van der Waals surface area contributed by atoms with Gasteiger partial charge in [0.2, 0.25) is 17.7 Å². The van der Waals surface area contributed by atoms with Gasteiger partial charge in [-0.25, -0.2) is 0 Å². The minimum atomic E-state index is -0.598. The standard InChI is InChI=1S/C13H18N2O3.3C2H6/c1-3-5-9(4-2)8-12(17)14-10-6-7-11(16)15-13(10)18;3*1-2/h3-5,10H,6-8H2,1-2H3,(H,14,17)(H,15,16,18);3*1-2H3/b5-3-,9-4+;;;. The van der Waals surface area contributed by atoms with E-state index in [2.05, 4.69) is 10.6 Å². The van der Waals surface area contributed by atoms with Crippen LogP contribution in [0, 0.1) is 0 Å². The monoisotopic (exact) mass is 340 g/mol. The summed E-state index contributed by atoms with van der Waals surface area (Å²) in [4.78, 5) is 34.1. The van der Waals surface area contributed by atoms with Crippen molar-refractivity contribution >= 4 is 17.7 Å². The van der Waals surface area contributed by atoms with Crippen LogP contribution in [0.15, 0.2) is 23.8 Å². The Hall–Kier alpha value is -1.91. The first-order valence-corrected chi connectivity index (χ1v) is 8.97. The zero-order chi connectivity index (χ0) is 19.5. The predicted octanol–water partition coefficient (Wildman–Crippen LogP) is 3.90. The Morgan fingerprint density at radius 2 is 1.67 bits per heavy atom. The van der Waals surface area contributed by atoms with Crippen LogP contribution >= 0.6 is 0 Å². The van der Waals surface area contributed by atoms with Crippen LogP contribution in [0.4, 0.5) is 0 Å². The molecule has 24 heavy (non-hydrogen) atoms. The number of piperidine rings is 1. The summed E-state index contributed by atoms with van der Waals surface area (Å²) in [6.07, 6.45) is 6.43. The fourth-order valence-corrected chi connectivity index (χ4v) is 1.73. The van der Waals surface area contributed by atoms with Crippen molar-refractivity contribution in [2.24, 2.45) is 0 Å². The minimum absolute atomic E-state index is 0.212. The highest BCUT2D eigenvalue weighted by Crippen LogP contribution is 2.07. The van der Waals surface area contributed by atoms with Gasteiger partial charge in [0.05, 0.1) is 6.42 Å². The summed E-state index contributed by atoms with van der Waals surface area (Å²) in [6, 6.07) is -0.598. The molecule has 1 unspecified atom stereocenters. The lowest BCUT2D eigenvalue weighted by Crippen LogP contribution is -2.52. The summed E-state index contributed by atoms with van der Waals surface area (Å²) in [7, 11) is 0. The molecule has 0 saturated carbocycles. The highest BCUT2D eigenvalue weighted by molar-refractivity contribution is 6.01. The lowest BCUT2D eigenvalue weighted by Gasteiger charge is -2.21. The topological polar surface area (TPSA) is 75.3 Å². The van der Waals surface area contributed by atoms with Gasteiger partial charge >= 0.3 is 0 Å². The Labute approximate surface area is 148 Å². The smallest absolute Gasteiger partial charge is 0.249 e. The number of hydrogen-bond donors (Lipinski definition) is 2. The van der Waals surface area contributed by atoms with Gasteiger partial charge in [0, 0.05) is 6.42 Å². The number of nitrogens with one attached hydrogen (secondary N) is 2. The van der Waals surface area contributed by atoms with Crippen LogP contribution in [0.5, 0.6) is 0 Å². The van der Waals surface area contributed by atoms with E-state index >= 15 is 0 Å². The third kappa shape index (κ3) is 12.6. The molecule has 0 radical (unpaired) electrons. The summed E-state index contributed by atoms with van der Waals surface area (Å²) in [6.45, 7) is 15.7. The molecule has 1 heterocycles. The van der Waals surface area contributed by atoms with Crippen molar-refractivity contribution in [1.82, 2.24) is 10.6 Å². The van der Waals surface area contributed by atoms with Gasteiger partial charge in [0.1, 0.15) is 6.04 Å². The van der Waals surface area contributed by atoms with Crippen molar-refractivity contribution in [3.8, 4) is 0 Å². The number of rotatable bonds is 4. The van der Waals surface area contributed by atoms with Crippen LogP contribution in [0.2, 0.25) is 0 Å². The lowest BCUT2D eigenvalue weighted by molar-refractivity contribution is -0.137. The second-order valence-corrected chi connectivity index (χ2v) is 4.11. The Morgan fingerprint density at radius 1 is 1.12 bits per heavy atom. The second-order valence-electron chi connectivity index (χ2n) is 4.11. The number of carbonyl (C=O) groups excluding carboxylic acids is 3. The molecule has 1 saturated heterocycles. The fraction of sp³-hybridized carbons (Fsp3) is 0.632. The third-order valence-electron chi connectivity index (χ3n) is 2.69. The van der Waals surface area contributed by atoms with Crippen LogP contribution < -0.4 is 10.6 Å². The van der Waals surface area contributed by atoms with E-state index in [0.29, 0.717) is 6.42 Å². The van der Waals surface area contributed by atoms with Gasteiger partial charge in [0.15, 0.2) is 0 Å². The maximum atomic E-state index is 11.7. The van der Waals surface area contributed by atoms with Crippen molar-refractivity contribution < 1.29 is 14.4 Å². The molecular formula is C19H36N2O3. The highest BCUT2D eigenvalue weighted by Gasteiger charge is 2.27. The molecule has 0 bridgehead atoms. The van der Waals surface area contributed by atoms with Gasteiger partial charge in [-0.3, -0.25) is 19.7 Å². The first kappa shape index (κ1) is 27.0. The molecule has 5 nitrogen and oxygen atoms in total. The largest absolute Gasteiger partial charge is 0.344 e. The summed E-state index contributed by atoms with van der Waals surface area (Å²) in [5.74, 6) is -0.920. The zero-order valence-electron chi connectivity index (χ0n) is 16.7. The quantitative estimate of drug-likeness (QED) is 0.602. The molecule has 0 aromatic heterocycles. The van der Waals surface area contributed by atoms with E-state index in [0.717, 1.165) is 5.57 Å². The highest BCUT2D eigenvalue weighted by atomic mass is 16.2. The van der Waals surface area contributed by atoms with Crippen molar-refractivity contribution in [1.29, 1.82) is 0 Å². The van der Waals surface area contributed by atoms with Crippen LogP contribution in [0.25, 0.3) is 0 Å². The van der Waals surface area contributed by atoms with Crippen molar-refractivity contribution in [3.05, 3.63) is 23.8 Å². The predicted molar refractivity (Wildman–Crippen MR) is 102 cm³/mol. The molecule has 1 aliphatic heterocycles. The van der Waals surface area contributed by atoms with Crippen LogP contribution in [0.1, 0.15) is 74.7 Å². The van der Waals surface area contributed by atoms with Gasteiger partial charge < -0.3 is 5.32 Å². The molecule has 2 N–H and O–H groups in total. The van der Waals surface area contributed by atoms with Gasteiger partial charge in [-0.2, -0.15) is 0 Å². The molecule has 1 atom stereocenters. The van der Waals surface area contributed by atoms with E-state index in [1.807, 2.05) is 73.6 Å². The van der Waals surface area contributed by atoms with Gasteiger partial charge in [-0.05, 0) is 25.8 Å².